The molecule has 1 aliphatic rings. The Morgan fingerprint density at radius 3 is 2.40 bits per heavy atom. The van der Waals surface area contributed by atoms with Crippen molar-refractivity contribution in [2.45, 2.75) is 51.6 Å². The van der Waals surface area contributed by atoms with Crippen molar-refractivity contribution in [2.75, 3.05) is 14.1 Å². The normalized spacial score (nSPS) is 22.9. The molecule has 0 heterocycles. The minimum Gasteiger partial charge on any atom is -0.349 e. The average Bonchev–Trinajstić information content (AvgIpc) is 2.37. The van der Waals surface area contributed by atoms with Crippen molar-refractivity contribution in [3.8, 4) is 0 Å². The van der Waals surface area contributed by atoms with E-state index >= 15 is 0 Å². The molecule has 110 valence electrons. The molecule has 0 spiro atoms. The zero-order valence-corrected chi connectivity index (χ0v) is 13.1. The molecule has 1 saturated carbocycles. The van der Waals surface area contributed by atoms with Crippen LogP contribution in [0.1, 0.15) is 47.2 Å². The summed E-state index contributed by atoms with van der Waals surface area (Å²) in [6.45, 7) is 4.07. The largest absolute Gasteiger partial charge is 0.349 e. The standard InChI is InChI=1S/C17H26N2O/c1-12-8-13(2)10-14(9-12)17(20)18-15-6-5-7-16(11-15)19(3)4/h8-10,15-16H,5-7,11H2,1-4H3,(H,18,20)/t15-,16-/m0/s1. The van der Waals surface area contributed by atoms with Crippen LogP contribution in [0.3, 0.4) is 0 Å². The zero-order chi connectivity index (χ0) is 14.7. The van der Waals surface area contributed by atoms with E-state index in [1.54, 1.807) is 0 Å². The summed E-state index contributed by atoms with van der Waals surface area (Å²) in [6, 6.07) is 6.93. The third-order valence-corrected chi connectivity index (χ3v) is 4.20. The molecular weight excluding hydrogens is 248 g/mol. The van der Waals surface area contributed by atoms with Crippen LogP contribution < -0.4 is 5.32 Å². The van der Waals surface area contributed by atoms with E-state index in [0.29, 0.717) is 12.1 Å². The van der Waals surface area contributed by atoms with Gasteiger partial charge in [0, 0.05) is 17.6 Å². The molecule has 0 saturated heterocycles. The molecule has 2 rings (SSSR count). The first-order chi connectivity index (χ1) is 9.45. The van der Waals surface area contributed by atoms with Gasteiger partial charge in [-0.3, -0.25) is 4.79 Å². The van der Waals surface area contributed by atoms with Gasteiger partial charge in [0.2, 0.25) is 0 Å². The van der Waals surface area contributed by atoms with E-state index in [-0.39, 0.29) is 5.91 Å². The lowest BCUT2D eigenvalue weighted by molar-refractivity contribution is 0.0911. The molecular formula is C17H26N2O. The Bertz CT molecular complexity index is 462. The highest BCUT2D eigenvalue weighted by Crippen LogP contribution is 2.22. The number of rotatable bonds is 3. The number of amides is 1. The molecule has 0 aromatic heterocycles. The van der Waals surface area contributed by atoms with Crippen LogP contribution in [-0.2, 0) is 0 Å². The second-order valence-corrected chi connectivity index (χ2v) is 6.33. The van der Waals surface area contributed by atoms with Gasteiger partial charge in [0.25, 0.3) is 5.91 Å². The van der Waals surface area contributed by atoms with Crippen LogP contribution in [0.15, 0.2) is 18.2 Å². The van der Waals surface area contributed by atoms with Gasteiger partial charge < -0.3 is 10.2 Å². The summed E-state index contributed by atoms with van der Waals surface area (Å²) in [5.74, 6) is 0.0706. The Morgan fingerprint density at radius 2 is 1.80 bits per heavy atom. The topological polar surface area (TPSA) is 32.3 Å². The Kier molecular flexibility index (Phi) is 4.81. The molecule has 1 amide bonds. The predicted molar refractivity (Wildman–Crippen MR) is 83.1 cm³/mol. The molecule has 1 N–H and O–H groups in total. The van der Waals surface area contributed by atoms with Crippen LogP contribution in [-0.4, -0.2) is 37.0 Å². The average molecular weight is 274 g/mol. The van der Waals surface area contributed by atoms with Gasteiger partial charge in [-0.05, 0) is 65.8 Å². The first kappa shape index (κ1) is 15.0. The number of carbonyl (C=O) groups excluding carboxylic acids is 1. The third-order valence-electron chi connectivity index (χ3n) is 4.20. The summed E-state index contributed by atoms with van der Waals surface area (Å²) in [4.78, 5) is 14.6. The smallest absolute Gasteiger partial charge is 0.251 e. The molecule has 1 fully saturated rings. The molecule has 3 heteroatoms. The lowest BCUT2D eigenvalue weighted by Crippen LogP contribution is -2.43. The lowest BCUT2D eigenvalue weighted by Gasteiger charge is -2.33. The summed E-state index contributed by atoms with van der Waals surface area (Å²) in [7, 11) is 4.25. The quantitative estimate of drug-likeness (QED) is 0.919. The van der Waals surface area contributed by atoms with Gasteiger partial charge in [0.15, 0.2) is 0 Å². The van der Waals surface area contributed by atoms with E-state index < -0.39 is 0 Å². The summed E-state index contributed by atoms with van der Waals surface area (Å²) in [6.07, 6.45) is 4.59. The van der Waals surface area contributed by atoms with Crippen LogP contribution in [0.2, 0.25) is 0 Å². The highest BCUT2D eigenvalue weighted by molar-refractivity contribution is 5.94. The molecule has 0 aliphatic heterocycles. The van der Waals surface area contributed by atoms with Crippen molar-refractivity contribution >= 4 is 5.91 Å². The van der Waals surface area contributed by atoms with Crippen molar-refractivity contribution in [1.82, 2.24) is 10.2 Å². The van der Waals surface area contributed by atoms with E-state index in [2.05, 4.69) is 30.4 Å². The SMILES string of the molecule is Cc1cc(C)cc(C(=O)N[C@H]2CCC[C@H](N(C)C)C2)c1. The summed E-state index contributed by atoms with van der Waals surface area (Å²) in [5, 5.41) is 3.21. The van der Waals surface area contributed by atoms with Crippen molar-refractivity contribution in [3.05, 3.63) is 34.9 Å². The Labute approximate surface area is 122 Å². The number of aryl methyl sites for hydroxylation is 2. The van der Waals surface area contributed by atoms with Crippen molar-refractivity contribution in [3.63, 3.8) is 0 Å². The Hall–Kier alpha value is -1.35. The second-order valence-electron chi connectivity index (χ2n) is 6.33. The number of carbonyl (C=O) groups is 1. The van der Waals surface area contributed by atoms with Crippen molar-refractivity contribution in [1.29, 1.82) is 0 Å². The molecule has 3 nitrogen and oxygen atoms in total. The number of hydrogen-bond acceptors (Lipinski definition) is 2. The predicted octanol–water partition coefficient (Wildman–Crippen LogP) is 2.91. The molecule has 20 heavy (non-hydrogen) atoms. The second kappa shape index (κ2) is 6.40. The molecule has 0 unspecified atom stereocenters. The summed E-state index contributed by atoms with van der Waals surface area (Å²) < 4.78 is 0. The van der Waals surface area contributed by atoms with E-state index in [9.17, 15) is 4.79 Å². The number of nitrogens with zero attached hydrogens (tertiary/aromatic N) is 1. The Balaban J connectivity index is 2.00. The van der Waals surface area contributed by atoms with Crippen LogP contribution in [0.4, 0.5) is 0 Å². The molecule has 1 aliphatic carbocycles. The monoisotopic (exact) mass is 274 g/mol. The fourth-order valence-corrected chi connectivity index (χ4v) is 3.14. The first-order valence-corrected chi connectivity index (χ1v) is 7.51. The van der Waals surface area contributed by atoms with Gasteiger partial charge in [0.1, 0.15) is 0 Å². The van der Waals surface area contributed by atoms with Crippen LogP contribution >= 0.6 is 0 Å². The summed E-state index contributed by atoms with van der Waals surface area (Å²) in [5.41, 5.74) is 3.07. The number of hydrogen-bond donors (Lipinski definition) is 1. The fourth-order valence-electron chi connectivity index (χ4n) is 3.14. The van der Waals surface area contributed by atoms with Gasteiger partial charge >= 0.3 is 0 Å². The van der Waals surface area contributed by atoms with E-state index in [4.69, 9.17) is 0 Å². The minimum absolute atomic E-state index is 0.0706. The molecule has 2 atom stereocenters. The fraction of sp³-hybridized carbons (Fsp3) is 0.588. The highest BCUT2D eigenvalue weighted by atomic mass is 16.1. The zero-order valence-electron chi connectivity index (χ0n) is 13.1. The first-order valence-electron chi connectivity index (χ1n) is 7.51. The number of benzene rings is 1. The maximum Gasteiger partial charge on any atom is 0.251 e. The lowest BCUT2D eigenvalue weighted by atomic mass is 9.90. The summed E-state index contributed by atoms with van der Waals surface area (Å²) >= 11 is 0. The van der Waals surface area contributed by atoms with E-state index in [0.717, 1.165) is 29.5 Å². The molecule has 1 aromatic rings. The van der Waals surface area contributed by atoms with Gasteiger partial charge in [-0.1, -0.05) is 17.2 Å². The molecule has 1 aromatic carbocycles. The van der Waals surface area contributed by atoms with Gasteiger partial charge in [-0.15, -0.1) is 0 Å². The highest BCUT2D eigenvalue weighted by Gasteiger charge is 2.24. The van der Waals surface area contributed by atoms with Crippen LogP contribution in [0, 0.1) is 13.8 Å². The van der Waals surface area contributed by atoms with Gasteiger partial charge in [-0.2, -0.15) is 0 Å². The van der Waals surface area contributed by atoms with Gasteiger partial charge in [-0.25, -0.2) is 0 Å². The van der Waals surface area contributed by atoms with Crippen molar-refractivity contribution in [2.24, 2.45) is 0 Å². The van der Waals surface area contributed by atoms with Crippen molar-refractivity contribution < 1.29 is 4.79 Å². The third kappa shape index (κ3) is 3.83. The minimum atomic E-state index is 0.0706. The number of nitrogens with one attached hydrogen (secondary N) is 1. The van der Waals surface area contributed by atoms with Gasteiger partial charge in [0.05, 0.1) is 0 Å². The van der Waals surface area contributed by atoms with E-state index in [1.165, 1.54) is 12.8 Å². The molecule has 0 radical (unpaired) electrons. The van der Waals surface area contributed by atoms with Crippen LogP contribution in [0.5, 0.6) is 0 Å². The van der Waals surface area contributed by atoms with Crippen LogP contribution in [0.25, 0.3) is 0 Å². The van der Waals surface area contributed by atoms with E-state index in [1.807, 2.05) is 26.0 Å². The maximum absolute atomic E-state index is 12.4. The maximum atomic E-state index is 12.4. The molecule has 0 bridgehead atoms. The Morgan fingerprint density at radius 1 is 1.15 bits per heavy atom.